The maximum atomic E-state index is 12.7. The number of thiophene rings is 2. The lowest BCUT2D eigenvalue weighted by Gasteiger charge is -2.35. The van der Waals surface area contributed by atoms with E-state index in [0.717, 1.165) is 13.0 Å². The Hall–Kier alpha value is -1.95. The monoisotopic (exact) mass is 396 g/mol. The number of amides is 1. The molecule has 5 heteroatoms. The Morgan fingerprint density at radius 2 is 2.00 bits per heavy atom. The fourth-order valence-electron chi connectivity index (χ4n) is 3.73. The topological polar surface area (TPSA) is 32.3 Å². The number of benzene rings is 1. The SMILES string of the molecule is C[C@H](CNC(=O)CN1CCc2sccc2[C@@H]1c1cccs1)c1ccccc1. The zero-order valence-electron chi connectivity index (χ0n) is 15.4. The van der Waals surface area contributed by atoms with Gasteiger partial charge in [-0.3, -0.25) is 9.69 Å². The molecule has 27 heavy (non-hydrogen) atoms. The van der Waals surface area contributed by atoms with E-state index in [1.54, 1.807) is 11.3 Å². The standard InChI is InChI=1S/C22H24N2OS2/c1-16(17-6-3-2-4-7-17)14-23-21(25)15-24-11-9-19-18(10-13-27-19)22(24)20-8-5-12-26-20/h2-8,10,12-13,16,22H,9,11,14-15H2,1H3,(H,23,25)/t16-,22-/m1/s1. The Morgan fingerprint density at radius 3 is 2.78 bits per heavy atom. The molecule has 140 valence electrons. The molecule has 3 nitrogen and oxygen atoms in total. The van der Waals surface area contributed by atoms with Gasteiger partial charge in [0.2, 0.25) is 5.91 Å². The number of carbonyl (C=O) groups excluding carboxylic acids is 1. The molecule has 1 N–H and O–H groups in total. The summed E-state index contributed by atoms with van der Waals surface area (Å²) in [5.74, 6) is 0.422. The van der Waals surface area contributed by atoms with Crippen molar-refractivity contribution < 1.29 is 4.79 Å². The smallest absolute Gasteiger partial charge is 0.234 e. The van der Waals surface area contributed by atoms with Gasteiger partial charge in [-0.2, -0.15) is 0 Å². The Balaban J connectivity index is 1.41. The second-order valence-corrected chi connectivity index (χ2v) is 9.03. The maximum absolute atomic E-state index is 12.7. The van der Waals surface area contributed by atoms with Crippen LogP contribution in [0.1, 0.15) is 39.8 Å². The van der Waals surface area contributed by atoms with Crippen molar-refractivity contribution in [3.63, 3.8) is 0 Å². The normalized spacial score (nSPS) is 18.0. The molecule has 0 aliphatic carbocycles. The van der Waals surface area contributed by atoms with Gasteiger partial charge in [0.05, 0.1) is 12.6 Å². The van der Waals surface area contributed by atoms with Crippen molar-refractivity contribution in [3.8, 4) is 0 Å². The summed E-state index contributed by atoms with van der Waals surface area (Å²) in [6, 6.07) is 17.1. The molecule has 3 aromatic rings. The van der Waals surface area contributed by atoms with Crippen molar-refractivity contribution in [2.45, 2.75) is 25.3 Å². The summed E-state index contributed by atoms with van der Waals surface area (Å²) in [5, 5.41) is 7.44. The number of fused-ring (bicyclic) bond motifs is 1. The average molecular weight is 397 g/mol. The largest absolute Gasteiger partial charge is 0.354 e. The van der Waals surface area contributed by atoms with Crippen LogP contribution in [0.15, 0.2) is 59.3 Å². The lowest BCUT2D eigenvalue weighted by atomic mass is 9.98. The van der Waals surface area contributed by atoms with Gasteiger partial charge < -0.3 is 5.32 Å². The number of hydrogen-bond acceptors (Lipinski definition) is 4. The van der Waals surface area contributed by atoms with Crippen LogP contribution in [0.4, 0.5) is 0 Å². The third-order valence-electron chi connectivity index (χ3n) is 5.20. The summed E-state index contributed by atoms with van der Waals surface area (Å²) in [6.45, 7) is 4.20. The van der Waals surface area contributed by atoms with E-state index in [0.29, 0.717) is 19.0 Å². The Labute approximate surface area is 168 Å². The highest BCUT2D eigenvalue weighted by Crippen LogP contribution is 2.39. The number of hydrogen-bond donors (Lipinski definition) is 1. The van der Waals surface area contributed by atoms with Crippen molar-refractivity contribution >= 4 is 28.6 Å². The van der Waals surface area contributed by atoms with E-state index in [9.17, 15) is 4.79 Å². The molecule has 1 aliphatic heterocycles. The third-order valence-corrected chi connectivity index (χ3v) is 7.12. The second-order valence-electron chi connectivity index (χ2n) is 7.05. The van der Waals surface area contributed by atoms with Gasteiger partial charge in [-0.25, -0.2) is 0 Å². The molecule has 1 aromatic carbocycles. The molecule has 2 atom stereocenters. The van der Waals surface area contributed by atoms with Crippen LogP contribution in [0.25, 0.3) is 0 Å². The van der Waals surface area contributed by atoms with Crippen molar-refractivity contribution in [1.29, 1.82) is 0 Å². The van der Waals surface area contributed by atoms with E-state index < -0.39 is 0 Å². The molecule has 3 heterocycles. The second kappa shape index (κ2) is 8.38. The molecule has 1 amide bonds. The zero-order chi connectivity index (χ0) is 18.6. The third kappa shape index (κ3) is 4.15. The highest BCUT2D eigenvalue weighted by molar-refractivity contribution is 7.10. The van der Waals surface area contributed by atoms with Gasteiger partial charge >= 0.3 is 0 Å². The van der Waals surface area contributed by atoms with Gasteiger partial charge in [-0.05, 0) is 46.4 Å². The Morgan fingerprint density at radius 1 is 1.15 bits per heavy atom. The number of nitrogens with zero attached hydrogens (tertiary/aromatic N) is 1. The molecule has 0 radical (unpaired) electrons. The van der Waals surface area contributed by atoms with Crippen LogP contribution in [-0.4, -0.2) is 30.4 Å². The molecule has 0 bridgehead atoms. The van der Waals surface area contributed by atoms with E-state index in [1.165, 1.54) is 20.9 Å². The quantitative estimate of drug-likeness (QED) is 0.656. The summed E-state index contributed by atoms with van der Waals surface area (Å²) in [4.78, 5) is 17.8. The maximum Gasteiger partial charge on any atom is 0.234 e. The van der Waals surface area contributed by atoms with Crippen LogP contribution in [0.2, 0.25) is 0 Å². The van der Waals surface area contributed by atoms with Crippen molar-refractivity contribution in [2.24, 2.45) is 0 Å². The van der Waals surface area contributed by atoms with E-state index in [2.05, 4.69) is 58.2 Å². The molecular weight excluding hydrogens is 372 g/mol. The van der Waals surface area contributed by atoms with E-state index >= 15 is 0 Å². The van der Waals surface area contributed by atoms with Gasteiger partial charge in [-0.15, -0.1) is 22.7 Å². The molecule has 4 rings (SSSR count). The predicted molar refractivity (Wildman–Crippen MR) is 114 cm³/mol. The fourth-order valence-corrected chi connectivity index (χ4v) is 5.51. The van der Waals surface area contributed by atoms with Crippen LogP contribution in [0, 0.1) is 0 Å². The molecule has 0 unspecified atom stereocenters. The van der Waals surface area contributed by atoms with Gasteiger partial charge in [0, 0.05) is 22.8 Å². The highest BCUT2D eigenvalue weighted by Gasteiger charge is 2.31. The predicted octanol–water partition coefficient (Wildman–Crippen LogP) is 4.68. The first kappa shape index (κ1) is 18.4. The molecule has 0 fully saturated rings. The van der Waals surface area contributed by atoms with Gasteiger partial charge in [0.25, 0.3) is 0 Å². The number of carbonyl (C=O) groups is 1. The Bertz CT molecular complexity index is 873. The summed E-state index contributed by atoms with van der Waals surface area (Å²) in [7, 11) is 0. The summed E-state index contributed by atoms with van der Waals surface area (Å²) in [6.07, 6.45) is 1.03. The summed E-state index contributed by atoms with van der Waals surface area (Å²) in [5.41, 5.74) is 2.63. The Kier molecular flexibility index (Phi) is 5.72. The van der Waals surface area contributed by atoms with Crippen molar-refractivity contribution in [2.75, 3.05) is 19.6 Å². The first-order valence-electron chi connectivity index (χ1n) is 9.37. The molecule has 0 spiro atoms. The molecule has 1 aliphatic rings. The lowest BCUT2D eigenvalue weighted by molar-refractivity contribution is -0.122. The highest BCUT2D eigenvalue weighted by atomic mass is 32.1. The minimum atomic E-state index is 0.109. The zero-order valence-corrected chi connectivity index (χ0v) is 17.1. The van der Waals surface area contributed by atoms with E-state index in [4.69, 9.17) is 0 Å². The van der Waals surface area contributed by atoms with Crippen molar-refractivity contribution in [3.05, 3.63) is 80.2 Å². The van der Waals surface area contributed by atoms with Crippen LogP contribution < -0.4 is 5.32 Å². The van der Waals surface area contributed by atoms with Crippen LogP contribution in [0.3, 0.4) is 0 Å². The summed E-state index contributed by atoms with van der Waals surface area (Å²) < 4.78 is 0. The summed E-state index contributed by atoms with van der Waals surface area (Å²) >= 11 is 3.61. The van der Waals surface area contributed by atoms with E-state index in [1.807, 2.05) is 29.5 Å². The van der Waals surface area contributed by atoms with Gasteiger partial charge in [0.15, 0.2) is 0 Å². The van der Waals surface area contributed by atoms with Gasteiger partial charge in [0.1, 0.15) is 0 Å². The van der Waals surface area contributed by atoms with Crippen LogP contribution in [0.5, 0.6) is 0 Å². The molecule has 2 aromatic heterocycles. The van der Waals surface area contributed by atoms with Crippen LogP contribution in [-0.2, 0) is 11.2 Å². The minimum absolute atomic E-state index is 0.109. The van der Waals surface area contributed by atoms with Gasteiger partial charge in [-0.1, -0.05) is 43.3 Å². The first-order valence-corrected chi connectivity index (χ1v) is 11.1. The fraction of sp³-hybridized carbons (Fsp3) is 0.318. The molecule has 0 saturated heterocycles. The number of rotatable bonds is 6. The van der Waals surface area contributed by atoms with Crippen LogP contribution >= 0.6 is 22.7 Å². The molecule has 0 saturated carbocycles. The number of nitrogens with one attached hydrogen (secondary N) is 1. The van der Waals surface area contributed by atoms with Crippen molar-refractivity contribution in [1.82, 2.24) is 10.2 Å². The average Bonchev–Trinajstić information content (AvgIpc) is 3.38. The lowest BCUT2D eigenvalue weighted by Crippen LogP contribution is -2.43. The van der Waals surface area contributed by atoms with E-state index in [-0.39, 0.29) is 11.9 Å². The first-order chi connectivity index (χ1) is 13.2. The molecular formula is C22H24N2OS2. The minimum Gasteiger partial charge on any atom is -0.354 e.